The maximum atomic E-state index is 10.5. The van der Waals surface area contributed by atoms with Crippen molar-refractivity contribution in [3.8, 4) is 5.06 Å². The minimum absolute atomic E-state index is 0.405. The predicted octanol–water partition coefficient (Wildman–Crippen LogP) is 1.09. The highest BCUT2D eigenvalue weighted by Gasteiger charge is 2.02. The van der Waals surface area contributed by atoms with Crippen molar-refractivity contribution >= 4 is 21.5 Å². The predicted molar refractivity (Wildman–Crippen MR) is 39.8 cm³/mol. The first-order chi connectivity index (χ1) is 4.58. The molecule has 0 saturated carbocycles. The number of hydrogen-bond donors (Lipinski definition) is 0. The Kier molecular flexibility index (Phi) is 1.96. The van der Waals surface area contributed by atoms with Gasteiger partial charge in [0.1, 0.15) is 0 Å². The van der Waals surface area contributed by atoms with Gasteiger partial charge in [0.25, 0.3) is 0 Å². The third-order valence-corrected chi connectivity index (χ3v) is 2.06. The number of hydrogen-bond acceptors (Lipinski definition) is 4. The van der Waals surface area contributed by atoms with Gasteiger partial charge in [-0.05, 0) is 17.5 Å². The number of rotatable bonds is 2. The van der Waals surface area contributed by atoms with Crippen LogP contribution in [0.5, 0.6) is 5.06 Å². The van der Waals surface area contributed by atoms with Crippen LogP contribution in [-0.4, -0.2) is 14.7 Å². The Hall–Kier alpha value is -0.550. The Morgan fingerprint density at radius 3 is 2.70 bits per heavy atom. The van der Waals surface area contributed by atoms with Gasteiger partial charge >= 0.3 is 10.1 Å². The van der Waals surface area contributed by atoms with Gasteiger partial charge in [0.05, 0.1) is 6.26 Å². The maximum Gasteiger partial charge on any atom is 0.307 e. The van der Waals surface area contributed by atoms with Crippen LogP contribution in [-0.2, 0) is 10.1 Å². The molecule has 0 aliphatic heterocycles. The number of thiophene rings is 1. The molecule has 0 bridgehead atoms. The van der Waals surface area contributed by atoms with Crippen molar-refractivity contribution in [1.29, 1.82) is 0 Å². The molecule has 0 radical (unpaired) electrons. The summed E-state index contributed by atoms with van der Waals surface area (Å²) in [5.41, 5.74) is 0. The van der Waals surface area contributed by atoms with E-state index in [-0.39, 0.29) is 0 Å². The molecule has 1 rings (SSSR count). The molecule has 5 heteroatoms. The molecule has 0 spiro atoms. The van der Waals surface area contributed by atoms with E-state index in [1.807, 2.05) is 0 Å². The Bertz CT molecular complexity index is 285. The van der Waals surface area contributed by atoms with Gasteiger partial charge in [-0.3, -0.25) is 0 Å². The smallest absolute Gasteiger partial charge is 0.307 e. The highest BCUT2D eigenvalue weighted by Crippen LogP contribution is 2.19. The van der Waals surface area contributed by atoms with E-state index in [2.05, 4.69) is 4.18 Å². The molecule has 1 aromatic heterocycles. The molecular weight excluding hydrogens is 172 g/mol. The molecular formula is C5H6O3S2. The molecule has 56 valence electrons. The first-order valence-electron chi connectivity index (χ1n) is 2.51. The van der Waals surface area contributed by atoms with Crippen molar-refractivity contribution in [2.24, 2.45) is 0 Å². The zero-order valence-electron chi connectivity index (χ0n) is 5.27. The summed E-state index contributed by atoms with van der Waals surface area (Å²) < 4.78 is 25.5. The minimum atomic E-state index is -3.34. The van der Waals surface area contributed by atoms with E-state index in [0.717, 1.165) is 6.26 Å². The summed E-state index contributed by atoms with van der Waals surface area (Å²) >= 11 is 1.25. The van der Waals surface area contributed by atoms with Gasteiger partial charge in [-0.2, -0.15) is 8.42 Å². The molecule has 0 amide bonds. The van der Waals surface area contributed by atoms with Gasteiger partial charge in [0.15, 0.2) is 5.06 Å². The van der Waals surface area contributed by atoms with E-state index < -0.39 is 10.1 Å². The van der Waals surface area contributed by atoms with Gasteiger partial charge in [-0.1, -0.05) is 0 Å². The standard InChI is InChI=1S/C5H6O3S2/c1-10(6,7)8-5-3-2-4-9-5/h2-4H,1H3. The van der Waals surface area contributed by atoms with Crippen LogP contribution in [0.15, 0.2) is 17.5 Å². The molecule has 3 nitrogen and oxygen atoms in total. The zero-order valence-corrected chi connectivity index (χ0v) is 6.91. The van der Waals surface area contributed by atoms with Crippen molar-refractivity contribution < 1.29 is 12.6 Å². The largest absolute Gasteiger partial charge is 0.371 e. The lowest BCUT2D eigenvalue weighted by atomic mass is 10.7. The Morgan fingerprint density at radius 2 is 2.30 bits per heavy atom. The van der Waals surface area contributed by atoms with Crippen LogP contribution in [0.4, 0.5) is 0 Å². The van der Waals surface area contributed by atoms with E-state index in [0.29, 0.717) is 5.06 Å². The molecule has 1 aromatic rings. The lowest BCUT2D eigenvalue weighted by Gasteiger charge is -1.95. The summed E-state index contributed by atoms with van der Waals surface area (Å²) in [5.74, 6) is 0. The molecule has 0 N–H and O–H groups in total. The first kappa shape index (κ1) is 7.56. The van der Waals surface area contributed by atoms with Crippen molar-refractivity contribution in [2.45, 2.75) is 0 Å². The molecule has 0 aliphatic rings. The molecule has 10 heavy (non-hydrogen) atoms. The van der Waals surface area contributed by atoms with Crippen LogP contribution in [0.2, 0.25) is 0 Å². The summed E-state index contributed by atoms with van der Waals surface area (Å²) in [5, 5.41) is 2.16. The van der Waals surface area contributed by atoms with Crippen LogP contribution in [0.25, 0.3) is 0 Å². The van der Waals surface area contributed by atoms with Crippen LogP contribution in [0.1, 0.15) is 0 Å². The molecule has 0 atom stereocenters. The summed E-state index contributed by atoms with van der Waals surface area (Å²) in [7, 11) is -3.34. The Balaban J connectivity index is 2.75. The quantitative estimate of drug-likeness (QED) is 0.637. The summed E-state index contributed by atoms with van der Waals surface area (Å²) in [6.45, 7) is 0. The van der Waals surface area contributed by atoms with Gasteiger partial charge in [0, 0.05) is 0 Å². The fourth-order valence-electron chi connectivity index (χ4n) is 0.460. The lowest BCUT2D eigenvalue weighted by molar-refractivity contribution is 0.499. The highest BCUT2D eigenvalue weighted by molar-refractivity contribution is 7.86. The van der Waals surface area contributed by atoms with Crippen molar-refractivity contribution in [1.82, 2.24) is 0 Å². The lowest BCUT2D eigenvalue weighted by Crippen LogP contribution is -2.04. The van der Waals surface area contributed by atoms with Gasteiger partial charge in [-0.25, -0.2) is 0 Å². The summed E-state index contributed by atoms with van der Waals surface area (Å²) in [4.78, 5) is 0. The fraction of sp³-hybridized carbons (Fsp3) is 0.200. The van der Waals surface area contributed by atoms with Gasteiger partial charge < -0.3 is 4.18 Å². The topological polar surface area (TPSA) is 43.4 Å². The Labute approximate surface area is 63.4 Å². The van der Waals surface area contributed by atoms with E-state index in [9.17, 15) is 8.42 Å². The minimum Gasteiger partial charge on any atom is -0.371 e. The van der Waals surface area contributed by atoms with E-state index in [1.165, 1.54) is 11.3 Å². The fourth-order valence-corrected chi connectivity index (χ4v) is 1.79. The van der Waals surface area contributed by atoms with E-state index in [1.54, 1.807) is 17.5 Å². The maximum absolute atomic E-state index is 10.5. The normalized spacial score (nSPS) is 11.3. The SMILES string of the molecule is CS(=O)(=O)Oc1cccs1. The van der Waals surface area contributed by atoms with E-state index in [4.69, 9.17) is 0 Å². The average Bonchev–Trinajstić information content (AvgIpc) is 2.12. The van der Waals surface area contributed by atoms with Crippen LogP contribution < -0.4 is 4.18 Å². The second-order valence-corrected chi connectivity index (χ2v) is 4.20. The average molecular weight is 178 g/mol. The second kappa shape index (κ2) is 2.59. The monoisotopic (exact) mass is 178 g/mol. The summed E-state index contributed by atoms with van der Waals surface area (Å²) in [6.07, 6.45) is 1.02. The highest BCUT2D eigenvalue weighted by atomic mass is 32.2. The van der Waals surface area contributed by atoms with Crippen molar-refractivity contribution in [3.05, 3.63) is 17.5 Å². The van der Waals surface area contributed by atoms with Crippen molar-refractivity contribution in [2.75, 3.05) is 6.26 Å². The molecule has 1 heterocycles. The molecule has 0 aromatic carbocycles. The third kappa shape index (κ3) is 2.36. The first-order valence-corrected chi connectivity index (χ1v) is 5.20. The second-order valence-electron chi connectivity index (χ2n) is 1.72. The van der Waals surface area contributed by atoms with Gasteiger partial charge in [0.2, 0.25) is 0 Å². The van der Waals surface area contributed by atoms with E-state index >= 15 is 0 Å². The summed E-state index contributed by atoms with van der Waals surface area (Å²) in [6, 6.07) is 3.33. The molecule has 0 unspecified atom stereocenters. The van der Waals surface area contributed by atoms with Crippen LogP contribution in [0, 0.1) is 0 Å². The Morgan fingerprint density at radius 1 is 1.60 bits per heavy atom. The molecule has 0 fully saturated rings. The van der Waals surface area contributed by atoms with Crippen LogP contribution >= 0.6 is 11.3 Å². The third-order valence-electron chi connectivity index (χ3n) is 0.729. The van der Waals surface area contributed by atoms with Gasteiger partial charge in [-0.15, -0.1) is 11.3 Å². The molecule has 0 aliphatic carbocycles. The van der Waals surface area contributed by atoms with Crippen molar-refractivity contribution in [3.63, 3.8) is 0 Å². The van der Waals surface area contributed by atoms with Crippen LogP contribution in [0.3, 0.4) is 0 Å². The molecule has 0 saturated heterocycles. The zero-order chi connectivity index (χ0) is 7.61.